The van der Waals surface area contributed by atoms with E-state index in [1.165, 1.54) is 18.3 Å². The molecule has 6 heteroatoms. The maximum absolute atomic E-state index is 12.0. The number of hydrogen-bond donors (Lipinski definition) is 3. The number of amides is 1. The van der Waals surface area contributed by atoms with Crippen LogP contribution >= 0.6 is 0 Å². The van der Waals surface area contributed by atoms with Crippen molar-refractivity contribution in [3.05, 3.63) is 29.6 Å². The second-order valence-electron chi connectivity index (χ2n) is 5.14. The quantitative estimate of drug-likeness (QED) is 0.679. The molecule has 0 spiro atoms. The summed E-state index contributed by atoms with van der Waals surface area (Å²) < 4.78 is 0. The number of aromatic nitrogens is 1. The summed E-state index contributed by atoms with van der Waals surface area (Å²) in [5, 5.41) is 22.0. The van der Waals surface area contributed by atoms with E-state index in [0.29, 0.717) is 12.8 Å². The zero-order chi connectivity index (χ0) is 15.9. The number of rotatable bonds is 8. The fraction of sp³-hybridized carbons (Fsp3) is 0.533. The molecular weight excluding hydrogens is 272 g/mol. The minimum atomic E-state index is -1.18. The second kappa shape index (κ2) is 7.73. The van der Waals surface area contributed by atoms with E-state index >= 15 is 0 Å². The summed E-state index contributed by atoms with van der Waals surface area (Å²) in [6.07, 6.45) is 4.15. The predicted molar refractivity (Wildman–Crippen MR) is 78.3 cm³/mol. The van der Waals surface area contributed by atoms with Gasteiger partial charge in [0.15, 0.2) is 0 Å². The van der Waals surface area contributed by atoms with Crippen molar-refractivity contribution in [1.29, 1.82) is 0 Å². The van der Waals surface area contributed by atoms with E-state index in [2.05, 4.69) is 10.3 Å². The maximum Gasteiger partial charge on any atom is 0.354 e. The summed E-state index contributed by atoms with van der Waals surface area (Å²) in [4.78, 5) is 26.5. The Hall–Kier alpha value is -1.95. The molecule has 0 radical (unpaired) electrons. The first kappa shape index (κ1) is 17.1. The number of aromatic carboxylic acids is 1. The van der Waals surface area contributed by atoms with Crippen LogP contribution in [-0.4, -0.2) is 39.2 Å². The standard InChI is InChI=1S/C15H22N2O4/c1-3-6-15(21,7-4-2)10-17-13(18)11-5-8-16-12(9-11)14(19)20/h5,8-9,21H,3-4,6-7,10H2,1-2H3,(H,17,18)(H,19,20). The van der Waals surface area contributed by atoms with Gasteiger partial charge in [0.1, 0.15) is 5.69 Å². The van der Waals surface area contributed by atoms with Gasteiger partial charge >= 0.3 is 5.97 Å². The molecule has 116 valence electrons. The number of nitrogens with zero attached hydrogens (tertiary/aromatic N) is 1. The number of nitrogens with one attached hydrogen (secondary N) is 1. The van der Waals surface area contributed by atoms with Gasteiger partial charge in [-0.05, 0) is 25.0 Å². The lowest BCUT2D eigenvalue weighted by Gasteiger charge is -2.27. The van der Waals surface area contributed by atoms with Crippen LogP contribution in [0.4, 0.5) is 0 Å². The molecular formula is C15H22N2O4. The summed E-state index contributed by atoms with van der Waals surface area (Å²) in [6.45, 7) is 4.10. The lowest BCUT2D eigenvalue weighted by Crippen LogP contribution is -2.42. The Morgan fingerprint density at radius 1 is 1.29 bits per heavy atom. The molecule has 0 bridgehead atoms. The average molecular weight is 294 g/mol. The summed E-state index contributed by atoms with van der Waals surface area (Å²) in [5.41, 5.74) is -0.875. The Morgan fingerprint density at radius 3 is 2.43 bits per heavy atom. The van der Waals surface area contributed by atoms with Gasteiger partial charge < -0.3 is 15.5 Å². The highest BCUT2D eigenvalue weighted by molar-refractivity contribution is 5.96. The number of aliphatic hydroxyl groups is 1. The predicted octanol–water partition coefficient (Wildman–Crippen LogP) is 1.84. The molecule has 0 saturated heterocycles. The Balaban J connectivity index is 2.72. The van der Waals surface area contributed by atoms with Gasteiger partial charge in [0, 0.05) is 18.3 Å². The van der Waals surface area contributed by atoms with Crippen LogP contribution in [0.1, 0.15) is 60.4 Å². The molecule has 6 nitrogen and oxygen atoms in total. The van der Waals surface area contributed by atoms with E-state index in [1.54, 1.807) is 0 Å². The van der Waals surface area contributed by atoms with E-state index in [9.17, 15) is 14.7 Å². The maximum atomic E-state index is 12.0. The van der Waals surface area contributed by atoms with Crippen LogP contribution in [0.15, 0.2) is 18.3 Å². The first-order valence-electron chi connectivity index (χ1n) is 7.12. The third kappa shape index (κ3) is 5.15. The third-order valence-electron chi connectivity index (χ3n) is 3.25. The lowest BCUT2D eigenvalue weighted by atomic mass is 9.92. The monoisotopic (exact) mass is 294 g/mol. The third-order valence-corrected chi connectivity index (χ3v) is 3.25. The van der Waals surface area contributed by atoms with Gasteiger partial charge in [-0.1, -0.05) is 26.7 Å². The first-order valence-corrected chi connectivity index (χ1v) is 7.12. The van der Waals surface area contributed by atoms with E-state index in [4.69, 9.17) is 5.11 Å². The molecule has 1 heterocycles. The summed E-state index contributed by atoms with van der Waals surface area (Å²) in [6, 6.07) is 2.66. The van der Waals surface area contributed by atoms with Gasteiger partial charge in [0.05, 0.1) is 5.60 Å². The van der Waals surface area contributed by atoms with Crippen molar-refractivity contribution in [3.8, 4) is 0 Å². The molecule has 1 rings (SSSR count). The molecule has 0 atom stereocenters. The SMILES string of the molecule is CCCC(O)(CCC)CNC(=O)c1ccnc(C(=O)O)c1. The molecule has 0 aliphatic heterocycles. The van der Waals surface area contributed by atoms with Crippen LogP contribution in [0.3, 0.4) is 0 Å². The summed E-state index contributed by atoms with van der Waals surface area (Å²) in [7, 11) is 0. The van der Waals surface area contributed by atoms with Gasteiger partial charge in [-0.15, -0.1) is 0 Å². The molecule has 1 aromatic rings. The molecule has 21 heavy (non-hydrogen) atoms. The largest absolute Gasteiger partial charge is 0.477 e. The molecule has 1 amide bonds. The van der Waals surface area contributed by atoms with Crippen LogP contribution in [0.5, 0.6) is 0 Å². The normalized spacial score (nSPS) is 11.2. The molecule has 1 aromatic heterocycles. The fourth-order valence-electron chi connectivity index (χ4n) is 2.27. The van der Waals surface area contributed by atoms with Crippen LogP contribution in [-0.2, 0) is 0 Å². The number of carboxylic acids is 1. The Morgan fingerprint density at radius 2 is 1.90 bits per heavy atom. The van der Waals surface area contributed by atoms with Crippen molar-refractivity contribution < 1.29 is 19.8 Å². The molecule has 3 N–H and O–H groups in total. The summed E-state index contributed by atoms with van der Waals surface area (Å²) >= 11 is 0. The Bertz CT molecular complexity index is 496. The highest BCUT2D eigenvalue weighted by Crippen LogP contribution is 2.18. The Kier molecular flexibility index (Phi) is 6.30. The van der Waals surface area contributed by atoms with Crippen LogP contribution in [0.2, 0.25) is 0 Å². The van der Waals surface area contributed by atoms with Gasteiger partial charge in [0.2, 0.25) is 0 Å². The minimum absolute atomic E-state index is 0.151. The molecule has 0 saturated carbocycles. The number of pyridine rings is 1. The molecule has 0 aromatic carbocycles. The van der Waals surface area contributed by atoms with E-state index in [1.807, 2.05) is 13.8 Å². The van der Waals surface area contributed by atoms with Gasteiger partial charge in [0.25, 0.3) is 5.91 Å². The van der Waals surface area contributed by atoms with Crippen molar-refractivity contribution in [2.45, 2.75) is 45.1 Å². The van der Waals surface area contributed by atoms with Crippen molar-refractivity contribution >= 4 is 11.9 Å². The highest BCUT2D eigenvalue weighted by Gasteiger charge is 2.25. The highest BCUT2D eigenvalue weighted by atomic mass is 16.4. The van der Waals surface area contributed by atoms with Crippen LogP contribution in [0, 0.1) is 0 Å². The zero-order valence-corrected chi connectivity index (χ0v) is 12.4. The first-order chi connectivity index (χ1) is 9.91. The number of hydrogen-bond acceptors (Lipinski definition) is 4. The van der Waals surface area contributed by atoms with Gasteiger partial charge in [-0.2, -0.15) is 0 Å². The number of carboxylic acid groups (broad SMARTS) is 1. The molecule has 0 fully saturated rings. The molecule has 0 aliphatic rings. The lowest BCUT2D eigenvalue weighted by molar-refractivity contribution is 0.0213. The average Bonchev–Trinajstić information content (AvgIpc) is 2.45. The van der Waals surface area contributed by atoms with Crippen molar-refractivity contribution in [2.24, 2.45) is 0 Å². The topological polar surface area (TPSA) is 99.5 Å². The van der Waals surface area contributed by atoms with Crippen molar-refractivity contribution in [3.63, 3.8) is 0 Å². The van der Waals surface area contributed by atoms with Gasteiger partial charge in [-0.3, -0.25) is 4.79 Å². The zero-order valence-electron chi connectivity index (χ0n) is 12.4. The molecule has 0 aliphatic carbocycles. The van der Waals surface area contributed by atoms with Crippen LogP contribution < -0.4 is 5.32 Å². The van der Waals surface area contributed by atoms with Crippen molar-refractivity contribution in [1.82, 2.24) is 10.3 Å². The van der Waals surface area contributed by atoms with E-state index < -0.39 is 17.5 Å². The number of carbonyl (C=O) groups excluding carboxylic acids is 1. The van der Waals surface area contributed by atoms with E-state index in [-0.39, 0.29) is 17.8 Å². The minimum Gasteiger partial charge on any atom is -0.477 e. The smallest absolute Gasteiger partial charge is 0.354 e. The van der Waals surface area contributed by atoms with Crippen LogP contribution in [0.25, 0.3) is 0 Å². The summed E-state index contributed by atoms with van der Waals surface area (Å²) in [5.74, 6) is -1.59. The Labute approximate surface area is 124 Å². The molecule has 0 unspecified atom stereocenters. The number of carbonyl (C=O) groups is 2. The second-order valence-corrected chi connectivity index (χ2v) is 5.14. The van der Waals surface area contributed by atoms with E-state index in [0.717, 1.165) is 12.8 Å². The van der Waals surface area contributed by atoms with Gasteiger partial charge in [-0.25, -0.2) is 9.78 Å². The fourth-order valence-corrected chi connectivity index (χ4v) is 2.27. The van der Waals surface area contributed by atoms with Crippen molar-refractivity contribution in [2.75, 3.05) is 6.54 Å².